The molecule has 3 aromatic carbocycles. The average molecular weight is 694 g/mol. The van der Waals surface area contributed by atoms with Crippen molar-refractivity contribution >= 4 is 22.6 Å². The Morgan fingerprint density at radius 2 is 1.55 bits per heavy atom. The van der Waals surface area contributed by atoms with E-state index in [1.54, 1.807) is 31.4 Å². The molecule has 2 heterocycles. The number of methoxy groups -OCH3 is 1. The lowest BCUT2D eigenvalue weighted by Crippen LogP contribution is -2.59. The van der Waals surface area contributed by atoms with Crippen LogP contribution in [-0.2, 0) is 22.4 Å². The minimum Gasteiger partial charge on any atom is -0.496 e. The van der Waals surface area contributed by atoms with Crippen LogP contribution < -0.4 is 10.1 Å². The molecule has 2 N–H and O–H groups in total. The highest BCUT2D eigenvalue weighted by molar-refractivity contribution is 6.00. The first-order valence-electron chi connectivity index (χ1n) is 16.5. The van der Waals surface area contributed by atoms with Crippen LogP contribution in [0, 0.1) is 5.41 Å². The quantitative estimate of drug-likeness (QED) is 0.214. The number of ether oxygens (including phenoxy) is 1. The third-order valence-corrected chi connectivity index (χ3v) is 9.85. The largest absolute Gasteiger partial charge is 0.496 e. The fraction of sp³-hybridized carbons (Fsp3) is 0.500. The summed E-state index contributed by atoms with van der Waals surface area (Å²) in [5.74, 6) is -2.41. The van der Waals surface area contributed by atoms with E-state index in [0.717, 1.165) is 53.0 Å². The normalized spacial score (nSPS) is 18.3. The van der Waals surface area contributed by atoms with Crippen molar-refractivity contribution in [1.29, 1.82) is 0 Å². The Bertz CT molecular complexity index is 1630. The molecule has 0 saturated carbocycles. The van der Waals surface area contributed by atoms with Crippen LogP contribution in [0.1, 0.15) is 43.2 Å². The molecule has 0 unspecified atom stereocenters. The van der Waals surface area contributed by atoms with Crippen molar-refractivity contribution < 1.29 is 45.8 Å². The first-order chi connectivity index (χ1) is 23.2. The van der Waals surface area contributed by atoms with Crippen molar-refractivity contribution in [3.63, 3.8) is 0 Å². The van der Waals surface area contributed by atoms with Gasteiger partial charge in [0.05, 0.1) is 13.7 Å². The molecule has 2 aliphatic rings. The molecular formula is C36H41F6N3O4. The first-order valence-corrected chi connectivity index (χ1v) is 16.5. The zero-order chi connectivity index (χ0) is 35.4. The van der Waals surface area contributed by atoms with E-state index in [0.29, 0.717) is 16.7 Å². The number of hydrogen-bond acceptors (Lipinski definition) is 5. The maximum Gasteiger partial charge on any atom is 0.403 e. The molecule has 0 aliphatic carbocycles. The minimum atomic E-state index is -5.10. The number of alkyl halides is 6. The van der Waals surface area contributed by atoms with E-state index in [-0.39, 0.29) is 6.42 Å². The highest BCUT2D eigenvalue weighted by Crippen LogP contribution is 2.47. The van der Waals surface area contributed by atoms with Crippen LogP contribution in [0.15, 0.2) is 54.6 Å². The van der Waals surface area contributed by atoms with Gasteiger partial charge in [0.25, 0.3) is 0 Å². The molecule has 266 valence electrons. The molecule has 2 aliphatic heterocycles. The Morgan fingerprint density at radius 1 is 0.878 bits per heavy atom. The van der Waals surface area contributed by atoms with Crippen molar-refractivity contribution in [1.82, 2.24) is 15.1 Å². The summed E-state index contributed by atoms with van der Waals surface area (Å²) in [5, 5.41) is 13.5. The molecule has 0 radical (unpaired) electrons. The molecule has 7 nitrogen and oxygen atoms in total. The van der Waals surface area contributed by atoms with Crippen molar-refractivity contribution in [2.75, 3.05) is 46.4 Å². The van der Waals surface area contributed by atoms with Crippen LogP contribution in [-0.4, -0.2) is 91.6 Å². The number of amides is 1. The maximum atomic E-state index is 14.4. The number of aliphatic carboxylic acids is 1. The number of hydrogen-bond donors (Lipinski definition) is 2. The molecule has 0 bridgehead atoms. The van der Waals surface area contributed by atoms with Gasteiger partial charge < -0.3 is 20.1 Å². The van der Waals surface area contributed by atoms with E-state index in [2.05, 4.69) is 16.3 Å². The number of carboxylic acids is 1. The second kappa shape index (κ2) is 15.0. The number of rotatable bonds is 11. The number of carbonyl (C=O) groups excluding carboxylic acids is 1. The van der Waals surface area contributed by atoms with Gasteiger partial charge in [0.15, 0.2) is 0 Å². The summed E-state index contributed by atoms with van der Waals surface area (Å²) in [7, 11) is 1.60. The molecule has 0 aromatic heterocycles. The molecule has 2 fully saturated rings. The predicted molar refractivity (Wildman–Crippen MR) is 173 cm³/mol. The SMILES string of the molecule is COc1cc(CCN2CCCCC2)ccc1-c1cccc2c(C[C@H](NC(=O)C3(C(F)(F)F)CCN(CC(F)(F)F)CC3)C(=O)O)cccc12. The Balaban J connectivity index is 1.37. The van der Waals surface area contributed by atoms with Crippen molar-refractivity contribution in [2.45, 2.75) is 63.3 Å². The number of carbonyl (C=O) groups is 2. The van der Waals surface area contributed by atoms with Gasteiger partial charge in [0, 0.05) is 18.5 Å². The first kappa shape index (κ1) is 36.4. The third kappa shape index (κ3) is 8.49. The Kier molecular flexibility index (Phi) is 11.1. The van der Waals surface area contributed by atoms with Gasteiger partial charge in [-0.1, -0.05) is 55.0 Å². The molecule has 3 aromatic rings. The van der Waals surface area contributed by atoms with Gasteiger partial charge in [0.2, 0.25) is 5.91 Å². The molecule has 13 heteroatoms. The van der Waals surface area contributed by atoms with Gasteiger partial charge in [-0.15, -0.1) is 0 Å². The van der Waals surface area contributed by atoms with Crippen LogP contribution in [0.25, 0.3) is 21.9 Å². The van der Waals surface area contributed by atoms with E-state index in [4.69, 9.17) is 4.74 Å². The average Bonchev–Trinajstić information content (AvgIpc) is 3.06. The second-order valence-corrected chi connectivity index (χ2v) is 13.0. The standard InChI is InChI=1S/C36H41F6N3O4/c1-49-31-21-24(13-18-44-16-3-2-4-17-44)11-12-29(31)28-10-6-8-26-25(7-5-9-27(26)28)22-30(32(46)47)43-33(48)34(36(40,41)42)14-19-45(20-15-34)23-35(37,38)39/h5-12,21,30H,2-4,13-20,22-23H2,1H3,(H,43,48)(H,46,47)/t30-/m0/s1. The molecule has 2 saturated heterocycles. The highest BCUT2D eigenvalue weighted by Gasteiger charge is 2.61. The number of nitrogens with zero attached hydrogens (tertiary/aromatic N) is 2. The Labute approximate surface area is 281 Å². The van der Waals surface area contributed by atoms with Gasteiger partial charge in [-0.25, -0.2) is 4.79 Å². The number of piperidine rings is 2. The number of halogens is 6. The number of benzene rings is 3. The van der Waals surface area contributed by atoms with Crippen LogP contribution in [0.4, 0.5) is 26.3 Å². The maximum absolute atomic E-state index is 14.4. The summed E-state index contributed by atoms with van der Waals surface area (Å²) in [6.45, 7) is 0.555. The monoisotopic (exact) mass is 693 g/mol. The summed E-state index contributed by atoms with van der Waals surface area (Å²) in [4.78, 5) is 28.9. The zero-order valence-electron chi connectivity index (χ0n) is 27.3. The number of carboxylic acid groups (broad SMARTS) is 1. The molecule has 0 spiro atoms. The van der Waals surface area contributed by atoms with Crippen molar-refractivity contribution in [3.8, 4) is 16.9 Å². The molecular weight excluding hydrogens is 652 g/mol. The van der Waals surface area contributed by atoms with E-state index in [1.165, 1.54) is 19.3 Å². The fourth-order valence-electron chi connectivity index (χ4n) is 7.07. The lowest BCUT2D eigenvalue weighted by Gasteiger charge is -2.42. The summed E-state index contributed by atoms with van der Waals surface area (Å²) in [6, 6.07) is 15.1. The van der Waals surface area contributed by atoms with Crippen LogP contribution in [0.3, 0.4) is 0 Å². The lowest BCUT2D eigenvalue weighted by molar-refractivity contribution is -0.236. The van der Waals surface area contributed by atoms with E-state index in [9.17, 15) is 41.0 Å². The number of fused-ring (bicyclic) bond motifs is 1. The minimum absolute atomic E-state index is 0.317. The number of likely N-dealkylation sites (tertiary alicyclic amines) is 2. The lowest BCUT2D eigenvalue weighted by atomic mass is 9.76. The van der Waals surface area contributed by atoms with Crippen molar-refractivity contribution in [2.24, 2.45) is 5.41 Å². The summed E-state index contributed by atoms with van der Waals surface area (Å²) in [5.41, 5.74) is 0.251. The van der Waals surface area contributed by atoms with Gasteiger partial charge >= 0.3 is 18.3 Å². The summed E-state index contributed by atoms with van der Waals surface area (Å²) in [6.07, 6.45) is -7.27. The predicted octanol–water partition coefficient (Wildman–Crippen LogP) is 6.86. The van der Waals surface area contributed by atoms with Crippen LogP contribution in [0.2, 0.25) is 0 Å². The van der Waals surface area contributed by atoms with Gasteiger partial charge in [-0.2, -0.15) is 26.3 Å². The molecule has 49 heavy (non-hydrogen) atoms. The van der Waals surface area contributed by atoms with Crippen LogP contribution in [0.5, 0.6) is 5.75 Å². The molecule has 1 atom stereocenters. The van der Waals surface area contributed by atoms with Crippen molar-refractivity contribution in [3.05, 3.63) is 65.7 Å². The van der Waals surface area contributed by atoms with Gasteiger partial charge in [-0.05, 0) is 91.8 Å². The number of nitrogens with one attached hydrogen (secondary N) is 1. The van der Waals surface area contributed by atoms with E-state index < -0.39 is 68.2 Å². The second-order valence-electron chi connectivity index (χ2n) is 13.0. The van der Waals surface area contributed by atoms with Crippen LogP contribution >= 0.6 is 0 Å². The van der Waals surface area contributed by atoms with E-state index >= 15 is 0 Å². The topological polar surface area (TPSA) is 82.1 Å². The van der Waals surface area contributed by atoms with Gasteiger partial charge in [0.1, 0.15) is 17.2 Å². The third-order valence-electron chi connectivity index (χ3n) is 9.85. The molecule has 1 amide bonds. The smallest absolute Gasteiger partial charge is 0.403 e. The Morgan fingerprint density at radius 3 is 2.18 bits per heavy atom. The fourth-order valence-corrected chi connectivity index (χ4v) is 7.07. The Hall–Kier alpha value is -3.84. The highest BCUT2D eigenvalue weighted by atomic mass is 19.4. The summed E-state index contributed by atoms with van der Waals surface area (Å²) < 4.78 is 87.4. The van der Waals surface area contributed by atoms with E-state index in [1.807, 2.05) is 24.3 Å². The zero-order valence-corrected chi connectivity index (χ0v) is 27.3. The van der Waals surface area contributed by atoms with Gasteiger partial charge in [-0.3, -0.25) is 9.69 Å². The summed E-state index contributed by atoms with van der Waals surface area (Å²) >= 11 is 0. The molecule has 5 rings (SSSR count).